The van der Waals surface area contributed by atoms with Crippen molar-refractivity contribution in [1.82, 2.24) is 19.4 Å². The number of rotatable bonds is 7. The highest BCUT2D eigenvalue weighted by Gasteiger charge is 2.30. The van der Waals surface area contributed by atoms with Gasteiger partial charge in [-0.05, 0) is 68.0 Å². The van der Waals surface area contributed by atoms with Gasteiger partial charge in [-0.3, -0.25) is 4.79 Å². The minimum atomic E-state index is -0.248. The first-order valence-electron chi connectivity index (χ1n) is 12.0. The van der Waals surface area contributed by atoms with Crippen molar-refractivity contribution in [2.24, 2.45) is 13.0 Å². The standard InChI is InChI=1S/C28H27FN4OS/c1-17-31-26(27(35-17)25-13-19-5-3-4-6-24(19)32(25)2)28(34)33(16-18-7-8-18)12-11-20-15-30-23-10-9-21(29)14-22(20)23/h3-6,9-10,13-15,18,30H,7-8,11-12,16H2,1-2H3. The molecule has 1 aliphatic carbocycles. The summed E-state index contributed by atoms with van der Waals surface area (Å²) in [6.45, 7) is 3.27. The van der Waals surface area contributed by atoms with E-state index in [0.717, 1.165) is 62.3 Å². The van der Waals surface area contributed by atoms with Gasteiger partial charge in [-0.25, -0.2) is 9.37 Å². The Morgan fingerprint density at radius 2 is 2.06 bits per heavy atom. The summed E-state index contributed by atoms with van der Waals surface area (Å²) in [6, 6.07) is 15.2. The summed E-state index contributed by atoms with van der Waals surface area (Å²) < 4.78 is 16.0. The minimum absolute atomic E-state index is 0.0208. The molecule has 0 radical (unpaired) electrons. The van der Waals surface area contributed by atoms with Crippen LogP contribution in [0.3, 0.4) is 0 Å². The molecule has 0 atom stereocenters. The van der Waals surface area contributed by atoms with Crippen LogP contribution >= 0.6 is 11.3 Å². The number of benzene rings is 2. The van der Waals surface area contributed by atoms with E-state index in [1.807, 2.05) is 37.2 Å². The van der Waals surface area contributed by atoms with Crippen molar-refractivity contribution in [3.05, 3.63) is 76.8 Å². The lowest BCUT2D eigenvalue weighted by Gasteiger charge is -2.22. The molecule has 178 valence electrons. The number of aryl methyl sites for hydroxylation is 2. The maximum Gasteiger partial charge on any atom is 0.274 e. The number of aromatic nitrogens is 3. The largest absolute Gasteiger partial charge is 0.361 e. The zero-order valence-electron chi connectivity index (χ0n) is 19.8. The average Bonchev–Trinajstić information content (AvgIpc) is 3.32. The highest BCUT2D eigenvalue weighted by molar-refractivity contribution is 7.15. The Morgan fingerprint density at radius 1 is 1.23 bits per heavy atom. The van der Waals surface area contributed by atoms with Crippen molar-refractivity contribution in [3.8, 4) is 10.6 Å². The van der Waals surface area contributed by atoms with Crippen LogP contribution in [0.25, 0.3) is 32.4 Å². The van der Waals surface area contributed by atoms with E-state index in [-0.39, 0.29) is 11.7 Å². The molecule has 0 bridgehead atoms. The van der Waals surface area contributed by atoms with E-state index in [0.29, 0.717) is 24.6 Å². The zero-order valence-corrected chi connectivity index (χ0v) is 20.7. The number of fused-ring (bicyclic) bond motifs is 2. The molecule has 0 saturated heterocycles. The third-order valence-corrected chi connectivity index (χ3v) is 7.96. The monoisotopic (exact) mass is 486 g/mol. The van der Waals surface area contributed by atoms with Gasteiger partial charge in [0.2, 0.25) is 0 Å². The number of thiazole rings is 1. The molecule has 1 amide bonds. The van der Waals surface area contributed by atoms with Crippen LogP contribution in [0.5, 0.6) is 0 Å². The smallest absolute Gasteiger partial charge is 0.274 e. The Labute approximate surface area is 207 Å². The highest BCUT2D eigenvalue weighted by Crippen LogP contribution is 2.36. The molecule has 3 heterocycles. The first-order chi connectivity index (χ1) is 17.0. The van der Waals surface area contributed by atoms with Gasteiger partial charge in [0.25, 0.3) is 5.91 Å². The molecule has 0 spiro atoms. The number of nitrogens with one attached hydrogen (secondary N) is 1. The van der Waals surface area contributed by atoms with Crippen molar-refractivity contribution in [2.75, 3.05) is 13.1 Å². The lowest BCUT2D eigenvalue weighted by molar-refractivity contribution is 0.0745. The molecule has 2 aromatic carbocycles. The number of carbonyl (C=O) groups excluding carboxylic acids is 1. The molecule has 7 heteroatoms. The third kappa shape index (κ3) is 4.14. The van der Waals surface area contributed by atoms with Crippen LogP contribution < -0.4 is 0 Å². The first-order valence-corrected chi connectivity index (χ1v) is 12.9. The second kappa shape index (κ2) is 8.64. The van der Waals surface area contributed by atoms with Gasteiger partial charge in [-0.15, -0.1) is 11.3 Å². The van der Waals surface area contributed by atoms with Crippen LogP contribution in [0.4, 0.5) is 4.39 Å². The zero-order chi connectivity index (χ0) is 24.1. The number of carbonyl (C=O) groups is 1. The van der Waals surface area contributed by atoms with E-state index in [1.165, 1.54) is 6.07 Å². The molecule has 6 rings (SSSR count). The van der Waals surface area contributed by atoms with E-state index < -0.39 is 0 Å². The van der Waals surface area contributed by atoms with E-state index in [4.69, 9.17) is 4.98 Å². The van der Waals surface area contributed by atoms with E-state index >= 15 is 0 Å². The minimum Gasteiger partial charge on any atom is -0.361 e. The fourth-order valence-corrected chi connectivity index (χ4v) is 5.87. The molecule has 0 aliphatic heterocycles. The summed E-state index contributed by atoms with van der Waals surface area (Å²) in [5.74, 6) is 0.287. The average molecular weight is 487 g/mol. The van der Waals surface area contributed by atoms with Gasteiger partial charge in [0.1, 0.15) is 11.5 Å². The van der Waals surface area contributed by atoms with Gasteiger partial charge in [-0.2, -0.15) is 0 Å². The van der Waals surface area contributed by atoms with Crippen LogP contribution in [0, 0.1) is 18.7 Å². The number of amides is 1. The van der Waals surface area contributed by atoms with Gasteiger partial charge in [-0.1, -0.05) is 18.2 Å². The SMILES string of the molecule is Cc1nc(C(=O)N(CCc2c[nH]c3ccc(F)cc23)CC2CC2)c(-c2cc3ccccc3n2C)s1. The van der Waals surface area contributed by atoms with Crippen molar-refractivity contribution in [3.63, 3.8) is 0 Å². The number of H-pyrrole nitrogens is 1. The van der Waals surface area contributed by atoms with Crippen molar-refractivity contribution < 1.29 is 9.18 Å². The van der Waals surface area contributed by atoms with Crippen LogP contribution in [-0.2, 0) is 13.5 Å². The van der Waals surface area contributed by atoms with Gasteiger partial charge >= 0.3 is 0 Å². The Hall–Kier alpha value is -3.45. The normalized spacial score (nSPS) is 13.7. The molecule has 5 nitrogen and oxygen atoms in total. The Morgan fingerprint density at radius 3 is 2.86 bits per heavy atom. The quantitative estimate of drug-likeness (QED) is 0.292. The summed E-state index contributed by atoms with van der Waals surface area (Å²) in [5, 5.41) is 2.91. The summed E-state index contributed by atoms with van der Waals surface area (Å²) >= 11 is 1.57. The molecule has 1 N–H and O–H groups in total. The number of hydrogen-bond acceptors (Lipinski definition) is 3. The van der Waals surface area contributed by atoms with Crippen molar-refractivity contribution >= 4 is 39.0 Å². The number of para-hydroxylation sites is 1. The molecule has 35 heavy (non-hydrogen) atoms. The van der Waals surface area contributed by atoms with Gasteiger partial charge in [0.05, 0.1) is 15.6 Å². The Kier molecular flexibility index (Phi) is 5.44. The maximum absolute atomic E-state index is 13.9. The van der Waals surface area contributed by atoms with Crippen molar-refractivity contribution in [2.45, 2.75) is 26.2 Å². The van der Waals surface area contributed by atoms with Crippen LogP contribution in [0.1, 0.15) is 33.9 Å². The lowest BCUT2D eigenvalue weighted by Crippen LogP contribution is -2.35. The second-order valence-corrected chi connectivity index (χ2v) is 10.7. The topological polar surface area (TPSA) is 53.9 Å². The molecule has 1 saturated carbocycles. The molecule has 3 aromatic heterocycles. The molecule has 1 aliphatic rings. The summed E-state index contributed by atoms with van der Waals surface area (Å²) in [6.07, 6.45) is 4.91. The van der Waals surface area contributed by atoms with E-state index in [1.54, 1.807) is 23.5 Å². The second-order valence-electron chi connectivity index (χ2n) is 9.51. The lowest BCUT2D eigenvalue weighted by atomic mass is 10.1. The van der Waals surface area contributed by atoms with E-state index in [2.05, 4.69) is 27.8 Å². The summed E-state index contributed by atoms with van der Waals surface area (Å²) in [7, 11) is 2.04. The number of aromatic amines is 1. The van der Waals surface area contributed by atoms with Crippen LogP contribution in [-0.4, -0.2) is 38.4 Å². The summed E-state index contributed by atoms with van der Waals surface area (Å²) in [5.41, 5.74) is 4.61. The molecular formula is C28H27FN4OS. The highest BCUT2D eigenvalue weighted by atomic mass is 32.1. The first kappa shape index (κ1) is 22.0. The molecule has 5 aromatic rings. The molecule has 0 unspecified atom stereocenters. The molecular weight excluding hydrogens is 459 g/mol. The van der Waals surface area contributed by atoms with E-state index in [9.17, 15) is 9.18 Å². The molecule has 1 fully saturated rings. The van der Waals surface area contributed by atoms with Crippen LogP contribution in [0.15, 0.2) is 54.7 Å². The maximum atomic E-state index is 13.9. The fraction of sp³-hybridized carbons (Fsp3) is 0.286. The Bertz CT molecular complexity index is 1560. The summed E-state index contributed by atoms with van der Waals surface area (Å²) in [4.78, 5) is 24.7. The number of nitrogens with zero attached hydrogens (tertiary/aromatic N) is 3. The third-order valence-electron chi connectivity index (χ3n) is 6.96. The predicted octanol–water partition coefficient (Wildman–Crippen LogP) is 6.33. The Balaban J connectivity index is 1.32. The fourth-order valence-electron chi connectivity index (χ4n) is 4.90. The number of halogens is 1. The van der Waals surface area contributed by atoms with Crippen molar-refractivity contribution in [1.29, 1.82) is 0 Å². The number of hydrogen-bond donors (Lipinski definition) is 1. The predicted molar refractivity (Wildman–Crippen MR) is 139 cm³/mol. The van der Waals surface area contributed by atoms with Gasteiger partial charge in [0.15, 0.2) is 0 Å². The van der Waals surface area contributed by atoms with Gasteiger partial charge in [0, 0.05) is 48.1 Å². The van der Waals surface area contributed by atoms with Crippen LogP contribution in [0.2, 0.25) is 0 Å². The van der Waals surface area contributed by atoms with Gasteiger partial charge < -0.3 is 14.5 Å².